The van der Waals surface area contributed by atoms with Crippen LogP contribution < -0.4 is 5.73 Å². The van der Waals surface area contributed by atoms with Crippen molar-refractivity contribution in [3.63, 3.8) is 0 Å². The van der Waals surface area contributed by atoms with Crippen molar-refractivity contribution in [2.45, 2.75) is 49.8 Å². The second-order valence-electron chi connectivity index (χ2n) is 4.63. The van der Waals surface area contributed by atoms with Crippen molar-refractivity contribution in [1.82, 2.24) is 0 Å². The first kappa shape index (κ1) is 16.0. The lowest BCUT2D eigenvalue weighted by Gasteiger charge is -2.27. The Kier molecular flexibility index (Phi) is 6.71. The summed E-state index contributed by atoms with van der Waals surface area (Å²) in [6.45, 7) is 5.97. The van der Waals surface area contributed by atoms with Gasteiger partial charge in [-0.1, -0.05) is 41.9 Å². The summed E-state index contributed by atoms with van der Waals surface area (Å²) in [5.74, 6) is 0. The zero-order chi connectivity index (χ0) is 13.7. The molecule has 18 heavy (non-hydrogen) atoms. The fourth-order valence-corrected chi connectivity index (χ4v) is 3.47. The lowest BCUT2D eigenvalue weighted by molar-refractivity contribution is 0.196. The van der Waals surface area contributed by atoms with Crippen molar-refractivity contribution in [2.75, 3.05) is 0 Å². The second kappa shape index (κ2) is 7.53. The van der Waals surface area contributed by atoms with Crippen molar-refractivity contribution in [3.8, 4) is 0 Å². The maximum Gasteiger partial charge on any atom is 0.0628 e. The van der Waals surface area contributed by atoms with Gasteiger partial charge in [0, 0.05) is 21.0 Å². The SMILES string of the molecule is CCC(N)C(SC(C)C(C)O)c1cccc(Br)c1. The molecule has 0 aromatic heterocycles. The lowest BCUT2D eigenvalue weighted by Crippen LogP contribution is -2.28. The Morgan fingerprint density at radius 1 is 1.39 bits per heavy atom. The molecule has 0 radical (unpaired) electrons. The molecule has 0 saturated carbocycles. The van der Waals surface area contributed by atoms with Gasteiger partial charge in [-0.15, -0.1) is 11.8 Å². The van der Waals surface area contributed by atoms with Crippen molar-refractivity contribution in [2.24, 2.45) is 5.73 Å². The van der Waals surface area contributed by atoms with Crippen LogP contribution in [0.3, 0.4) is 0 Å². The van der Waals surface area contributed by atoms with E-state index in [-0.39, 0.29) is 22.6 Å². The van der Waals surface area contributed by atoms with Crippen LogP contribution in [0.1, 0.15) is 38.0 Å². The van der Waals surface area contributed by atoms with Crippen LogP contribution >= 0.6 is 27.7 Å². The maximum atomic E-state index is 9.65. The predicted molar refractivity (Wildman–Crippen MR) is 83.9 cm³/mol. The van der Waals surface area contributed by atoms with E-state index in [4.69, 9.17) is 5.73 Å². The average molecular weight is 332 g/mol. The number of nitrogens with two attached hydrogens (primary N) is 1. The molecular formula is C14H22BrNOS. The molecule has 2 nitrogen and oxygen atoms in total. The van der Waals surface area contributed by atoms with Gasteiger partial charge in [-0.3, -0.25) is 0 Å². The van der Waals surface area contributed by atoms with E-state index in [1.54, 1.807) is 11.8 Å². The van der Waals surface area contributed by atoms with Gasteiger partial charge in [-0.05, 0) is 31.0 Å². The normalized spacial score (nSPS) is 18.1. The molecular weight excluding hydrogens is 310 g/mol. The van der Waals surface area contributed by atoms with Gasteiger partial charge in [0.05, 0.1) is 6.10 Å². The molecule has 102 valence electrons. The molecule has 4 atom stereocenters. The Labute approximate surface area is 122 Å². The third kappa shape index (κ3) is 4.57. The molecule has 0 aliphatic heterocycles. The van der Waals surface area contributed by atoms with Crippen LogP contribution in [0.25, 0.3) is 0 Å². The number of aliphatic hydroxyl groups is 1. The number of benzene rings is 1. The molecule has 0 heterocycles. The van der Waals surface area contributed by atoms with E-state index in [0.717, 1.165) is 10.9 Å². The number of halogens is 1. The number of hydrogen-bond donors (Lipinski definition) is 2. The van der Waals surface area contributed by atoms with E-state index >= 15 is 0 Å². The Morgan fingerprint density at radius 2 is 2.06 bits per heavy atom. The molecule has 0 bridgehead atoms. The third-order valence-electron chi connectivity index (χ3n) is 3.08. The fraction of sp³-hybridized carbons (Fsp3) is 0.571. The number of aliphatic hydroxyl groups excluding tert-OH is 1. The highest BCUT2D eigenvalue weighted by molar-refractivity contribution is 9.10. The monoisotopic (exact) mass is 331 g/mol. The van der Waals surface area contributed by atoms with Crippen LogP contribution in [0, 0.1) is 0 Å². The minimum Gasteiger partial charge on any atom is -0.392 e. The summed E-state index contributed by atoms with van der Waals surface area (Å²) in [6, 6.07) is 8.36. The van der Waals surface area contributed by atoms with Crippen molar-refractivity contribution in [3.05, 3.63) is 34.3 Å². The molecule has 1 aromatic carbocycles. The van der Waals surface area contributed by atoms with Gasteiger partial charge < -0.3 is 10.8 Å². The van der Waals surface area contributed by atoms with Crippen molar-refractivity contribution >= 4 is 27.7 Å². The standard InChI is InChI=1S/C14H22BrNOS/c1-4-13(16)14(18-10(3)9(2)17)11-6-5-7-12(15)8-11/h5-10,13-14,17H,4,16H2,1-3H3. The fourth-order valence-electron chi connectivity index (χ4n) is 1.67. The van der Waals surface area contributed by atoms with Gasteiger partial charge in [0.15, 0.2) is 0 Å². The summed E-state index contributed by atoms with van der Waals surface area (Å²) in [5.41, 5.74) is 7.45. The Hall–Kier alpha value is -0.0300. The first-order valence-electron chi connectivity index (χ1n) is 6.30. The summed E-state index contributed by atoms with van der Waals surface area (Å²) in [5, 5.41) is 10.0. The minimum atomic E-state index is -0.325. The van der Waals surface area contributed by atoms with Crippen molar-refractivity contribution in [1.29, 1.82) is 0 Å². The summed E-state index contributed by atoms with van der Waals surface area (Å²) in [4.78, 5) is 0. The van der Waals surface area contributed by atoms with Crippen LogP contribution in [0.5, 0.6) is 0 Å². The van der Waals surface area contributed by atoms with Gasteiger partial charge in [0.1, 0.15) is 0 Å². The van der Waals surface area contributed by atoms with E-state index in [1.165, 1.54) is 5.56 Å². The molecule has 0 aliphatic carbocycles. The first-order chi connectivity index (χ1) is 8.45. The average Bonchev–Trinajstić information content (AvgIpc) is 2.34. The molecule has 1 aromatic rings. The van der Waals surface area contributed by atoms with Crippen molar-refractivity contribution < 1.29 is 5.11 Å². The van der Waals surface area contributed by atoms with Crippen LogP contribution in [0.4, 0.5) is 0 Å². The van der Waals surface area contributed by atoms with Gasteiger partial charge in [0.25, 0.3) is 0 Å². The Morgan fingerprint density at radius 3 is 2.56 bits per heavy atom. The highest BCUT2D eigenvalue weighted by Crippen LogP contribution is 2.37. The van der Waals surface area contributed by atoms with E-state index < -0.39 is 0 Å². The van der Waals surface area contributed by atoms with Gasteiger partial charge in [-0.2, -0.15) is 0 Å². The summed E-state index contributed by atoms with van der Waals surface area (Å²) in [7, 11) is 0. The largest absolute Gasteiger partial charge is 0.392 e. The Bertz CT molecular complexity index is 373. The topological polar surface area (TPSA) is 46.2 Å². The molecule has 0 aliphatic rings. The van der Waals surface area contributed by atoms with Gasteiger partial charge in [-0.25, -0.2) is 0 Å². The summed E-state index contributed by atoms with van der Waals surface area (Å²) < 4.78 is 1.07. The second-order valence-corrected chi connectivity index (χ2v) is 7.07. The van der Waals surface area contributed by atoms with Crippen LogP contribution in [0.15, 0.2) is 28.7 Å². The summed E-state index contributed by atoms with van der Waals surface area (Å²) >= 11 is 5.25. The van der Waals surface area contributed by atoms with E-state index in [9.17, 15) is 5.11 Å². The molecule has 4 unspecified atom stereocenters. The molecule has 0 spiro atoms. The van der Waals surface area contributed by atoms with E-state index in [1.807, 2.05) is 26.0 Å². The number of thioether (sulfide) groups is 1. The van der Waals surface area contributed by atoms with Gasteiger partial charge >= 0.3 is 0 Å². The quantitative estimate of drug-likeness (QED) is 0.834. The van der Waals surface area contributed by atoms with Crippen LogP contribution in [-0.2, 0) is 0 Å². The Balaban J connectivity index is 2.91. The smallest absolute Gasteiger partial charge is 0.0628 e. The predicted octanol–water partition coefficient (Wildman–Crippen LogP) is 3.73. The molecule has 4 heteroatoms. The zero-order valence-corrected chi connectivity index (χ0v) is 13.5. The maximum absolute atomic E-state index is 9.65. The first-order valence-corrected chi connectivity index (χ1v) is 8.03. The van der Waals surface area contributed by atoms with Crippen LogP contribution in [-0.4, -0.2) is 22.5 Å². The molecule has 1 rings (SSSR count). The molecule has 3 N–H and O–H groups in total. The molecule has 0 saturated heterocycles. The minimum absolute atomic E-state index is 0.102. The van der Waals surface area contributed by atoms with E-state index in [2.05, 4.69) is 35.0 Å². The van der Waals surface area contributed by atoms with Crippen LogP contribution in [0.2, 0.25) is 0 Å². The molecule has 0 fully saturated rings. The highest BCUT2D eigenvalue weighted by atomic mass is 79.9. The van der Waals surface area contributed by atoms with Gasteiger partial charge in [0.2, 0.25) is 0 Å². The lowest BCUT2D eigenvalue weighted by atomic mass is 10.0. The number of rotatable bonds is 6. The zero-order valence-electron chi connectivity index (χ0n) is 11.1. The highest BCUT2D eigenvalue weighted by Gasteiger charge is 2.23. The van der Waals surface area contributed by atoms with E-state index in [0.29, 0.717) is 0 Å². The third-order valence-corrected chi connectivity index (χ3v) is 5.31. The number of hydrogen-bond acceptors (Lipinski definition) is 3. The summed E-state index contributed by atoms with van der Waals surface area (Å²) in [6.07, 6.45) is 0.602. The molecule has 0 amide bonds.